The summed E-state index contributed by atoms with van der Waals surface area (Å²) in [5.74, 6) is 0.467. The minimum atomic E-state index is -0.928. The maximum absolute atomic E-state index is 12.9. The molecule has 170 valence electrons. The zero-order chi connectivity index (χ0) is 23.8. The number of phenols is 1. The lowest BCUT2D eigenvalue weighted by molar-refractivity contribution is 0.0168. The van der Waals surface area contributed by atoms with Crippen molar-refractivity contribution in [2.75, 3.05) is 11.9 Å². The Kier molecular flexibility index (Phi) is 5.80. The summed E-state index contributed by atoms with van der Waals surface area (Å²) in [6.07, 6.45) is 3.25. The summed E-state index contributed by atoms with van der Waals surface area (Å²) < 4.78 is 12.0. The van der Waals surface area contributed by atoms with Crippen molar-refractivity contribution in [3.63, 3.8) is 0 Å². The second-order valence-corrected chi connectivity index (χ2v) is 8.59. The molecule has 3 aromatic rings. The van der Waals surface area contributed by atoms with Crippen LogP contribution in [0, 0.1) is 20.8 Å². The van der Waals surface area contributed by atoms with E-state index in [9.17, 15) is 14.7 Å². The highest BCUT2D eigenvalue weighted by molar-refractivity contribution is 6.04. The number of rotatable bonds is 5. The van der Waals surface area contributed by atoms with Crippen molar-refractivity contribution in [1.82, 2.24) is 4.98 Å². The van der Waals surface area contributed by atoms with Gasteiger partial charge in [-0.2, -0.15) is 0 Å². The first-order valence-corrected chi connectivity index (χ1v) is 10.7. The van der Waals surface area contributed by atoms with E-state index in [1.807, 2.05) is 20.8 Å². The van der Waals surface area contributed by atoms with E-state index in [2.05, 4.69) is 10.3 Å². The molecule has 7 nitrogen and oxygen atoms in total. The van der Waals surface area contributed by atoms with Gasteiger partial charge >= 0.3 is 0 Å². The number of carbonyl (C=O) groups is 2. The van der Waals surface area contributed by atoms with Crippen LogP contribution in [-0.2, 0) is 0 Å². The third kappa shape index (κ3) is 4.39. The summed E-state index contributed by atoms with van der Waals surface area (Å²) in [6.45, 7) is 7.47. The van der Waals surface area contributed by atoms with E-state index in [1.54, 1.807) is 49.5 Å². The van der Waals surface area contributed by atoms with Crippen LogP contribution in [0.5, 0.6) is 17.2 Å². The van der Waals surface area contributed by atoms with Crippen molar-refractivity contribution in [3.8, 4) is 17.2 Å². The van der Waals surface area contributed by atoms with Gasteiger partial charge in [0.2, 0.25) is 0 Å². The lowest BCUT2D eigenvalue weighted by atomic mass is 9.86. The highest BCUT2D eigenvalue weighted by atomic mass is 16.5. The summed E-state index contributed by atoms with van der Waals surface area (Å²) in [6, 6.07) is 10.3. The maximum Gasteiger partial charge on any atom is 0.257 e. The molecule has 33 heavy (non-hydrogen) atoms. The molecule has 2 N–H and O–H groups in total. The lowest BCUT2D eigenvalue weighted by Crippen LogP contribution is -2.44. The number of nitrogens with one attached hydrogen (secondary N) is 1. The summed E-state index contributed by atoms with van der Waals surface area (Å²) in [7, 11) is 0. The van der Waals surface area contributed by atoms with Crippen molar-refractivity contribution < 1.29 is 24.2 Å². The highest BCUT2D eigenvalue weighted by Gasteiger charge is 2.40. The van der Waals surface area contributed by atoms with Gasteiger partial charge in [0.15, 0.2) is 17.3 Å². The number of benzene rings is 2. The zero-order valence-corrected chi connectivity index (χ0v) is 19.1. The molecule has 2 aromatic carbocycles. The van der Waals surface area contributed by atoms with Gasteiger partial charge in [-0.1, -0.05) is 0 Å². The molecule has 0 saturated heterocycles. The molecule has 0 bridgehead atoms. The number of ketones is 1. The predicted molar refractivity (Wildman–Crippen MR) is 124 cm³/mol. The third-order valence-corrected chi connectivity index (χ3v) is 6.04. The Morgan fingerprint density at radius 3 is 2.55 bits per heavy atom. The molecule has 1 aliphatic rings. The fourth-order valence-electron chi connectivity index (χ4n) is 3.90. The maximum atomic E-state index is 12.9. The van der Waals surface area contributed by atoms with Crippen LogP contribution in [-0.4, -0.2) is 34.0 Å². The number of amides is 1. The summed E-state index contributed by atoms with van der Waals surface area (Å²) >= 11 is 0. The fraction of sp³-hybridized carbons (Fsp3) is 0.269. The molecule has 0 aliphatic carbocycles. The molecular weight excluding hydrogens is 420 g/mol. The smallest absolute Gasteiger partial charge is 0.257 e. The van der Waals surface area contributed by atoms with E-state index in [1.165, 1.54) is 6.20 Å². The van der Waals surface area contributed by atoms with Crippen LogP contribution >= 0.6 is 0 Å². The van der Waals surface area contributed by atoms with Gasteiger partial charge in [-0.3, -0.25) is 14.6 Å². The van der Waals surface area contributed by atoms with Gasteiger partial charge in [-0.25, -0.2) is 0 Å². The molecule has 7 heteroatoms. The number of hydrogen-bond acceptors (Lipinski definition) is 6. The van der Waals surface area contributed by atoms with Gasteiger partial charge in [0.05, 0.1) is 17.5 Å². The monoisotopic (exact) mass is 446 g/mol. The van der Waals surface area contributed by atoms with Crippen molar-refractivity contribution in [3.05, 3.63) is 76.6 Å². The number of anilines is 1. The molecule has 0 fully saturated rings. The highest BCUT2D eigenvalue weighted by Crippen LogP contribution is 2.45. The number of hydrogen-bond donors (Lipinski definition) is 2. The van der Waals surface area contributed by atoms with Crippen LogP contribution in [0.3, 0.4) is 0 Å². The first kappa shape index (κ1) is 22.3. The van der Waals surface area contributed by atoms with Gasteiger partial charge in [-0.15, -0.1) is 0 Å². The number of aromatic hydroxyl groups is 1. The summed E-state index contributed by atoms with van der Waals surface area (Å²) in [5.41, 5.74) is 3.02. The lowest BCUT2D eigenvalue weighted by Gasteiger charge is -2.36. The fourth-order valence-corrected chi connectivity index (χ4v) is 3.90. The Labute approximate surface area is 192 Å². The first-order chi connectivity index (χ1) is 15.7. The van der Waals surface area contributed by atoms with Crippen LogP contribution < -0.4 is 14.8 Å². The number of aromatic nitrogens is 1. The van der Waals surface area contributed by atoms with Crippen molar-refractivity contribution in [2.45, 2.75) is 39.7 Å². The number of Topliss-reactive ketones (excluding diaryl/α,β-unsaturated/α-hetero) is 1. The van der Waals surface area contributed by atoms with E-state index in [4.69, 9.17) is 9.47 Å². The average Bonchev–Trinajstić information content (AvgIpc) is 2.81. The summed E-state index contributed by atoms with van der Waals surface area (Å²) in [4.78, 5) is 29.1. The van der Waals surface area contributed by atoms with Gasteiger partial charge in [0, 0.05) is 18.1 Å². The van der Waals surface area contributed by atoms with E-state index < -0.39 is 5.60 Å². The van der Waals surface area contributed by atoms with Crippen molar-refractivity contribution in [1.29, 1.82) is 0 Å². The van der Waals surface area contributed by atoms with E-state index in [0.717, 1.165) is 11.1 Å². The van der Waals surface area contributed by atoms with Gasteiger partial charge < -0.3 is 19.9 Å². The second kappa shape index (κ2) is 8.58. The van der Waals surface area contributed by atoms with Crippen LogP contribution in [0.15, 0.2) is 48.8 Å². The molecule has 2 heterocycles. The zero-order valence-electron chi connectivity index (χ0n) is 19.1. The minimum Gasteiger partial charge on any atom is -0.504 e. The van der Waals surface area contributed by atoms with E-state index >= 15 is 0 Å². The predicted octanol–water partition coefficient (Wildman–Crippen LogP) is 4.77. The molecule has 1 atom stereocenters. The number of phenolic OH excluding ortho intramolecular Hbond substituents is 1. The molecule has 0 radical (unpaired) electrons. The number of carbonyl (C=O) groups excluding carboxylic acids is 2. The van der Waals surface area contributed by atoms with Crippen LogP contribution in [0.1, 0.15) is 50.8 Å². The molecule has 0 saturated carbocycles. The van der Waals surface area contributed by atoms with Gasteiger partial charge in [0.1, 0.15) is 18.0 Å². The third-order valence-electron chi connectivity index (χ3n) is 6.04. The Bertz CT molecular complexity index is 1220. The van der Waals surface area contributed by atoms with Gasteiger partial charge in [-0.05, 0) is 80.8 Å². The van der Waals surface area contributed by atoms with E-state index in [0.29, 0.717) is 28.1 Å². The number of fused-ring (bicyclic) bond motifs is 1. The molecule has 1 unspecified atom stereocenters. The van der Waals surface area contributed by atoms with E-state index in [-0.39, 0.29) is 36.2 Å². The SMILES string of the molecule is Cc1c(C)c(O)c2c(c1C)C(=O)CC(C)(COc1ccc(NC(=O)c3cccnc3)cc1)O2. The molecule has 0 spiro atoms. The molecule has 1 aromatic heterocycles. The standard InChI is InChI=1S/C26H26N2O5/c1-15-16(2)22-21(29)12-26(4,33-24(22)23(30)17(15)3)14-32-20-9-7-19(8-10-20)28-25(31)18-6-5-11-27-13-18/h5-11,13,30H,12,14H2,1-4H3,(H,28,31). The van der Waals surface area contributed by atoms with Crippen molar-refractivity contribution >= 4 is 17.4 Å². The normalized spacial score (nSPS) is 17.2. The quantitative estimate of drug-likeness (QED) is 0.586. The van der Waals surface area contributed by atoms with Crippen molar-refractivity contribution in [2.24, 2.45) is 0 Å². The average molecular weight is 447 g/mol. The van der Waals surface area contributed by atoms with Crippen LogP contribution in [0.25, 0.3) is 0 Å². The Morgan fingerprint density at radius 2 is 1.88 bits per heavy atom. The molecule has 4 rings (SSSR count). The first-order valence-electron chi connectivity index (χ1n) is 10.7. The molecular formula is C26H26N2O5. The molecule has 1 amide bonds. The van der Waals surface area contributed by atoms with Crippen LogP contribution in [0.2, 0.25) is 0 Å². The minimum absolute atomic E-state index is 0.00101. The Hall–Kier alpha value is -3.87. The number of pyridine rings is 1. The molecule has 1 aliphatic heterocycles. The van der Waals surface area contributed by atoms with Gasteiger partial charge in [0.25, 0.3) is 5.91 Å². The second-order valence-electron chi connectivity index (χ2n) is 8.59. The topological polar surface area (TPSA) is 97.8 Å². The number of ether oxygens (including phenoxy) is 2. The largest absolute Gasteiger partial charge is 0.504 e. The number of nitrogens with zero attached hydrogens (tertiary/aromatic N) is 1. The Morgan fingerprint density at radius 1 is 1.15 bits per heavy atom. The Balaban J connectivity index is 1.44. The van der Waals surface area contributed by atoms with Crippen LogP contribution in [0.4, 0.5) is 5.69 Å². The summed E-state index contributed by atoms with van der Waals surface area (Å²) in [5, 5.41) is 13.4.